The van der Waals surface area contributed by atoms with E-state index >= 15 is 0 Å². The van der Waals surface area contributed by atoms with Crippen molar-refractivity contribution in [3.8, 4) is 11.5 Å². The minimum atomic E-state index is -0.419. The molecule has 0 aliphatic heterocycles. The van der Waals surface area contributed by atoms with Crippen LogP contribution in [-0.2, 0) is 5.41 Å². The highest BCUT2D eigenvalue weighted by Crippen LogP contribution is 2.19. The van der Waals surface area contributed by atoms with Gasteiger partial charge in [0, 0.05) is 11.1 Å². The number of amides is 1. The summed E-state index contributed by atoms with van der Waals surface area (Å²) in [4.78, 5) is 27.3. The summed E-state index contributed by atoms with van der Waals surface area (Å²) in [6, 6.07) is 10.3. The normalized spacial score (nSPS) is 12.3. The Morgan fingerprint density at radius 3 is 2.27 bits per heavy atom. The van der Waals surface area contributed by atoms with Crippen LogP contribution in [0.15, 0.2) is 41.2 Å². The number of H-pyrrole nitrogens is 1. The van der Waals surface area contributed by atoms with Gasteiger partial charge in [0.15, 0.2) is 0 Å². The molecule has 0 radical (unpaired) electrons. The lowest BCUT2D eigenvalue weighted by Gasteiger charge is -2.19. The van der Waals surface area contributed by atoms with E-state index in [1.54, 1.807) is 43.5 Å². The minimum Gasteiger partial charge on any atom is -0.497 e. The molecule has 1 heterocycles. The fourth-order valence-corrected chi connectivity index (χ4v) is 2.33. The molecule has 1 aromatic carbocycles. The molecule has 1 aromatic heterocycles. The molecular weight excluding hydrogens is 332 g/mol. The van der Waals surface area contributed by atoms with E-state index in [1.165, 1.54) is 0 Å². The van der Waals surface area contributed by atoms with Crippen molar-refractivity contribution in [1.29, 1.82) is 0 Å². The number of aromatic nitrogens is 1. The number of hydrogen-bond donors (Lipinski definition) is 2. The number of ether oxygens (including phenoxy) is 2. The maximum absolute atomic E-state index is 12.3. The molecule has 0 aliphatic carbocycles. The van der Waals surface area contributed by atoms with Crippen molar-refractivity contribution in [1.82, 2.24) is 10.3 Å². The van der Waals surface area contributed by atoms with Crippen molar-refractivity contribution < 1.29 is 14.3 Å². The largest absolute Gasteiger partial charge is 0.497 e. The second-order valence-corrected chi connectivity index (χ2v) is 7.23. The summed E-state index contributed by atoms with van der Waals surface area (Å²) in [7, 11) is 1.60. The van der Waals surface area contributed by atoms with Gasteiger partial charge in [0.05, 0.1) is 13.2 Å². The van der Waals surface area contributed by atoms with Crippen LogP contribution in [-0.4, -0.2) is 30.6 Å². The molecule has 0 saturated carbocycles. The van der Waals surface area contributed by atoms with Gasteiger partial charge in [-0.1, -0.05) is 20.8 Å². The van der Waals surface area contributed by atoms with Crippen molar-refractivity contribution in [2.24, 2.45) is 0 Å². The molecule has 1 amide bonds. The highest BCUT2D eigenvalue weighted by Gasteiger charge is 2.18. The third kappa shape index (κ3) is 5.12. The Morgan fingerprint density at radius 2 is 1.73 bits per heavy atom. The van der Waals surface area contributed by atoms with Crippen LogP contribution < -0.4 is 20.3 Å². The third-order valence-electron chi connectivity index (χ3n) is 3.90. The molecular formula is C20H26N2O4. The maximum atomic E-state index is 12.3. The molecule has 26 heavy (non-hydrogen) atoms. The van der Waals surface area contributed by atoms with Gasteiger partial charge in [0.1, 0.15) is 23.7 Å². The van der Waals surface area contributed by atoms with Gasteiger partial charge in [-0.25, -0.2) is 0 Å². The molecule has 0 fully saturated rings. The van der Waals surface area contributed by atoms with Gasteiger partial charge in [0.25, 0.3) is 11.5 Å². The van der Waals surface area contributed by atoms with Crippen molar-refractivity contribution in [2.75, 3.05) is 13.7 Å². The minimum absolute atomic E-state index is 0.0919. The maximum Gasteiger partial charge on any atom is 0.261 e. The molecule has 6 nitrogen and oxygen atoms in total. The van der Waals surface area contributed by atoms with Gasteiger partial charge in [0.2, 0.25) is 0 Å². The lowest BCUT2D eigenvalue weighted by Crippen LogP contribution is -2.39. The van der Waals surface area contributed by atoms with Crippen LogP contribution in [0.4, 0.5) is 0 Å². The number of rotatable bonds is 6. The van der Waals surface area contributed by atoms with Crippen LogP contribution in [0.25, 0.3) is 0 Å². The number of aromatic amines is 1. The lowest BCUT2D eigenvalue weighted by molar-refractivity contribution is 0.0925. The second kappa shape index (κ2) is 8.08. The summed E-state index contributed by atoms with van der Waals surface area (Å²) in [6.07, 6.45) is 0. The van der Waals surface area contributed by atoms with Crippen molar-refractivity contribution in [3.05, 3.63) is 58.0 Å². The van der Waals surface area contributed by atoms with Gasteiger partial charge in [-0.05, 0) is 43.3 Å². The zero-order chi connectivity index (χ0) is 19.3. The van der Waals surface area contributed by atoms with Crippen LogP contribution in [0.1, 0.15) is 43.7 Å². The summed E-state index contributed by atoms with van der Waals surface area (Å²) < 4.78 is 10.7. The molecule has 140 valence electrons. The van der Waals surface area contributed by atoms with Gasteiger partial charge >= 0.3 is 0 Å². The summed E-state index contributed by atoms with van der Waals surface area (Å²) in [5.74, 6) is 1.01. The highest BCUT2D eigenvalue weighted by molar-refractivity contribution is 5.94. The molecule has 6 heteroatoms. The van der Waals surface area contributed by atoms with Crippen molar-refractivity contribution in [3.63, 3.8) is 0 Å². The molecule has 0 bridgehead atoms. The average Bonchev–Trinajstić information content (AvgIpc) is 2.59. The Morgan fingerprint density at radius 1 is 1.12 bits per heavy atom. The van der Waals surface area contributed by atoms with Crippen LogP contribution in [0.5, 0.6) is 11.5 Å². The fourth-order valence-electron chi connectivity index (χ4n) is 2.33. The zero-order valence-electron chi connectivity index (χ0n) is 15.9. The number of nitrogens with one attached hydrogen (secondary N) is 2. The monoisotopic (exact) mass is 358 g/mol. The molecule has 0 saturated heterocycles. The third-order valence-corrected chi connectivity index (χ3v) is 3.90. The van der Waals surface area contributed by atoms with E-state index < -0.39 is 11.5 Å². The highest BCUT2D eigenvalue weighted by atomic mass is 16.5. The van der Waals surface area contributed by atoms with E-state index in [4.69, 9.17) is 9.47 Å². The van der Waals surface area contributed by atoms with Crippen LogP contribution >= 0.6 is 0 Å². The van der Waals surface area contributed by atoms with E-state index in [0.717, 1.165) is 11.4 Å². The molecule has 0 spiro atoms. The van der Waals surface area contributed by atoms with E-state index in [9.17, 15) is 9.59 Å². The van der Waals surface area contributed by atoms with Crippen LogP contribution in [0, 0.1) is 0 Å². The molecule has 0 aliphatic rings. The van der Waals surface area contributed by atoms with Crippen molar-refractivity contribution >= 4 is 5.91 Å². The number of carbonyl (C=O) groups excluding carboxylic acids is 1. The Labute approximate surface area is 153 Å². The van der Waals surface area contributed by atoms with E-state index in [-0.39, 0.29) is 23.6 Å². The van der Waals surface area contributed by atoms with E-state index in [0.29, 0.717) is 5.75 Å². The van der Waals surface area contributed by atoms with Crippen molar-refractivity contribution in [2.45, 2.75) is 39.2 Å². The smallest absolute Gasteiger partial charge is 0.261 e. The quantitative estimate of drug-likeness (QED) is 0.832. The summed E-state index contributed by atoms with van der Waals surface area (Å²) >= 11 is 0. The topological polar surface area (TPSA) is 80.4 Å². The van der Waals surface area contributed by atoms with Gasteiger partial charge < -0.3 is 19.8 Å². The first-order valence-corrected chi connectivity index (χ1v) is 8.52. The lowest BCUT2D eigenvalue weighted by atomic mass is 9.91. The number of carbonyl (C=O) groups is 1. The van der Waals surface area contributed by atoms with Gasteiger partial charge in [-0.3, -0.25) is 9.59 Å². The average molecular weight is 358 g/mol. The Bertz CT molecular complexity index is 804. The zero-order valence-corrected chi connectivity index (χ0v) is 15.9. The molecule has 2 rings (SSSR count). The first kappa shape index (κ1) is 19.6. The first-order valence-electron chi connectivity index (χ1n) is 8.52. The predicted octanol–water partition coefficient (Wildman–Crippen LogP) is 2.88. The molecule has 1 unspecified atom stereocenters. The van der Waals surface area contributed by atoms with Gasteiger partial charge in [-0.2, -0.15) is 0 Å². The molecule has 2 aromatic rings. The Kier molecular flexibility index (Phi) is 6.08. The van der Waals surface area contributed by atoms with Gasteiger partial charge in [-0.15, -0.1) is 0 Å². The second-order valence-electron chi connectivity index (χ2n) is 7.23. The number of methoxy groups -OCH3 is 1. The summed E-state index contributed by atoms with van der Waals surface area (Å²) in [6.45, 7) is 8.10. The number of pyridine rings is 1. The fraction of sp³-hybridized carbons (Fsp3) is 0.400. The van der Waals surface area contributed by atoms with Crippen LogP contribution in [0.3, 0.4) is 0 Å². The standard InChI is InChI=1S/C20H26N2O4/c1-13(12-26-15-8-6-14(25-5)7-9-15)21-18(23)16-10-11-17(20(2,3)4)22-19(16)24/h6-11,13H,12H2,1-5H3,(H,21,23)(H,22,24). The SMILES string of the molecule is COc1ccc(OCC(C)NC(=O)c2ccc(C(C)(C)C)[nH]c2=O)cc1. The van der Waals surface area contributed by atoms with Crippen LogP contribution in [0.2, 0.25) is 0 Å². The Balaban J connectivity index is 1.95. The Hall–Kier alpha value is -2.76. The summed E-state index contributed by atoms with van der Waals surface area (Å²) in [5.41, 5.74) is 0.302. The summed E-state index contributed by atoms with van der Waals surface area (Å²) in [5, 5.41) is 2.78. The molecule has 2 N–H and O–H groups in total. The van der Waals surface area contributed by atoms with E-state index in [1.807, 2.05) is 27.7 Å². The van der Waals surface area contributed by atoms with E-state index in [2.05, 4.69) is 10.3 Å². The first-order chi connectivity index (χ1) is 12.2. The number of hydrogen-bond acceptors (Lipinski definition) is 4. The predicted molar refractivity (Wildman–Crippen MR) is 101 cm³/mol. The number of benzene rings is 1. The molecule has 1 atom stereocenters.